The highest BCUT2D eigenvalue weighted by Gasteiger charge is 2.29. The first-order chi connectivity index (χ1) is 19.8. The summed E-state index contributed by atoms with van der Waals surface area (Å²) in [6.07, 6.45) is 13.6. The summed E-state index contributed by atoms with van der Waals surface area (Å²) in [5.41, 5.74) is 0.465. The van der Waals surface area contributed by atoms with Crippen LogP contribution in [0.3, 0.4) is 0 Å². The van der Waals surface area contributed by atoms with E-state index in [1.54, 1.807) is 0 Å². The Labute approximate surface area is 260 Å². The third-order valence-electron chi connectivity index (χ3n) is 8.11. The molecule has 0 aromatic carbocycles. The third kappa shape index (κ3) is 22.4. The summed E-state index contributed by atoms with van der Waals surface area (Å²) >= 11 is 0. The Morgan fingerprint density at radius 3 is 1.17 bits per heavy atom. The molecule has 42 heavy (non-hydrogen) atoms. The second-order valence-electron chi connectivity index (χ2n) is 14.9. The predicted molar refractivity (Wildman–Crippen MR) is 174 cm³/mol. The number of hydrogen-bond acceptors (Lipinski definition) is 6. The number of carbonyl (C=O) groups excluding carboxylic acids is 2. The van der Waals surface area contributed by atoms with Gasteiger partial charge in [-0.25, -0.2) is 19.4 Å². The summed E-state index contributed by atoms with van der Waals surface area (Å²) < 4.78 is 11.5. The van der Waals surface area contributed by atoms with E-state index >= 15 is 0 Å². The quantitative estimate of drug-likeness (QED) is 0.0450. The largest absolute Gasteiger partial charge is 0.463 e. The van der Waals surface area contributed by atoms with Crippen LogP contribution >= 0.6 is 0 Å². The monoisotopic (exact) mass is 599 g/mol. The second-order valence-corrected chi connectivity index (χ2v) is 14.9. The summed E-state index contributed by atoms with van der Waals surface area (Å²) in [4.78, 5) is 38.0. The van der Waals surface area contributed by atoms with Crippen molar-refractivity contribution < 1.29 is 28.8 Å². The molecule has 0 heterocycles. The van der Waals surface area contributed by atoms with Crippen LogP contribution in [0, 0.1) is 22.7 Å². The summed E-state index contributed by atoms with van der Waals surface area (Å²) in [5, 5.41) is 0. The SMILES string of the molecule is CCCCC(CC)COC(=O)C(CCCCC(C)(C)C)OOC(CCCCC(C)(C)C)C(=O)OCC(CC)CCCC. The fourth-order valence-corrected chi connectivity index (χ4v) is 4.90. The van der Waals surface area contributed by atoms with Gasteiger partial charge in [-0.1, -0.05) is 133 Å². The van der Waals surface area contributed by atoms with Crippen LogP contribution in [-0.2, 0) is 28.8 Å². The summed E-state index contributed by atoms with van der Waals surface area (Å²) in [6, 6.07) is 0. The molecule has 0 amide bonds. The molecule has 4 atom stereocenters. The van der Waals surface area contributed by atoms with E-state index in [1.165, 1.54) is 0 Å². The lowest BCUT2D eigenvalue weighted by atomic mass is 9.89. The maximum absolute atomic E-state index is 13.2. The van der Waals surface area contributed by atoms with Gasteiger partial charge in [0.2, 0.25) is 0 Å². The Bertz CT molecular complexity index is 619. The summed E-state index contributed by atoms with van der Waals surface area (Å²) in [6.45, 7) is 22.8. The molecule has 0 bridgehead atoms. The molecule has 6 nitrogen and oxygen atoms in total. The van der Waals surface area contributed by atoms with E-state index in [0.717, 1.165) is 89.9 Å². The van der Waals surface area contributed by atoms with Crippen molar-refractivity contribution in [1.29, 1.82) is 0 Å². The van der Waals surface area contributed by atoms with Crippen molar-refractivity contribution in [3.05, 3.63) is 0 Å². The second kappa shape index (κ2) is 23.3. The summed E-state index contributed by atoms with van der Waals surface area (Å²) in [5.74, 6) is -0.0976. The first-order valence-corrected chi connectivity index (χ1v) is 17.4. The van der Waals surface area contributed by atoms with Gasteiger partial charge >= 0.3 is 11.9 Å². The molecule has 0 aromatic heterocycles. The van der Waals surface area contributed by atoms with E-state index in [0.29, 0.717) is 37.9 Å². The zero-order valence-corrected chi connectivity index (χ0v) is 29.5. The van der Waals surface area contributed by atoms with Gasteiger partial charge in [-0.3, -0.25) is 0 Å². The molecule has 0 N–H and O–H groups in total. The van der Waals surface area contributed by atoms with Gasteiger partial charge in [0.25, 0.3) is 0 Å². The average Bonchev–Trinajstić information content (AvgIpc) is 2.92. The zero-order valence-electron chi connectivity index (χ0n) is 29.5. The van der Waals surface area contributed by atoms with Gasteiger partial charge in [0.1, 0.15) is 0 Å². The van der Waals surface area contributed by atoms with E-state index < -0.39 is 24.1 Å². The minimum atomic E-state index is -0.855. The summed E-state index contributed by atoms with van der Waals surface area (Å²) in [7, 11) is 0. The molecule has 0 spiro atoms. The Hall–Kier alpha value is -1.14. The Balaban J connectivity index is 5.42. The highest BCUT2D eigenvalue weighted by Crippen LogP contribution is 2.25. The van der Waals surface area contributed by atoms with Crippen LogP contribution in [0.5, 0.6) is 0 Å². The highest BCUT2D eigenvalue weighted by atomic mass is 17.2. The van der Waals surface area contributed by atoms with Crippen LogP contribution in [0.15, 0.2) is 0 Å². The Morgan fingerprint density at radius 2 is 0.881 bits per heavy atom. The van der Waals surface area contributed by atoms with Gasteiger partial charge in [-0.15, -0.1) is 0 Å². The maximum atomic E-state index is 13.2. The zero-order chi connectivity index (χ0) is 32.0. The molecular formula is C36H70O6. The number of hydrogen-bond donors (Lipinski definition) is 0. The van der Waals surface area contributed by atoms with Crippen molar-refractivity contribution in [3.8, 4) is 0 Å². The van der Waals surface area contributed by atoms with Gasteiger partial charge in [0.05, 0.1) is 13.2 Å². The molecule has 0 saturated carbocycles. The number of esters is 2. The minimum absolute atomic E-state index is 0.233. The van der Waals surface area contributed by atoms with Crippen molar-refractivity contribution >= 4 is 11.9 Å². The molecule has 0 aliphatic carbocycles. The van der Waals surface area contributed by atoms with Gasteiger partial charge in [0, 0.05) is 0 Å². The molecule has 0 aliphatic rings. The highest BCUT2D eigenvalue weighted by molar-refractivity contribution is 5.75. The van der Waals surface area contributed by atoms with Crippen LogP contribution < -0.4 is 0 Å². The topological polar surface area (TPSA) is 71.1 Å². The Morgan fingerprint density at radius 1 is 0.524 bits per heavy atom. The van der Waals surface area contributed by atoms with Crippen molar-refractivity contribution in [3.63, 3.8) is 0 Å². The molecule has 0 radical (unpaired) electrons. The molecule has 0 aliphatic heterocycles. The first-order valence-electron chi connectivity index (χ1n) is 17.4. The van der Waals surface area contributed by atoms with E-state index in [-0.39, 0.29) is 10.8 Å². The Kier molecular flexibility index (Phi) is 22.6. The van der Waals surface area contributed by atoms with E-state index in [1.807, 2.05) is 0 Å². The van der Waals surface area contributed by atoms with Gasteiger partial charge in [0.15, 0.2) is 12.2 Å². The van der Waals surface area contributed by atoms with E-state index in [4.69, 9.17) is 19.2 Å². The molecule has 6 heteroatoms. The van der Waals surface area contributed by atoms with Crippen molar-refractivity contribution in [2.24, 2.45) is 22.7 Å². The van der Waals surface area contributed by atoms with Gasteiger partial charge < -0.3 is 9.47 Å². The third-order valence-corrected chi connectivity index (χ3v) is 8.11. The predicted octanol–water partition coefficient (Wildman–Crippen LogP) is 10.4. The van der Waals surface area contributed by atoms with Crippen LogP contribution in [0.1, 0.15) is 172 Å². The van der Waals surface area contributed by atoms with Crippen molar-refractivity contribution in [2.75, 3.05) is 13.2 Å². The molecule has 0 saturated heterocycles. The average molecular weight is 599 g/mol. The molecule has 250 valence electrons. The molecule has 0 rings (SSSR count). The van der Waals surface area contributed by atoms with Gasteiger partial charge in [-0.2, -0.15) is 0 Å². The van der Waals surface area contributed by atoms with Crippen LogP contribution in [0.4, 0.5) is 0 Å². The van der Waals surface area contributed by atoms with Crippen LogP contribution in [0.2, 0.25) is 0 Å². The lowest BCUT2D eigenvalue weighted by molar-refractivity contribution is -0.344. The number of unbranched alkanes of at least 4 members (excludes halogenated alkanes) is 4. The smallest absolute Gasteiger partial charge is 0.338 e. The van der Waals surface area contributed by atoms with Crippen molar-refractivity contribution in [1.82, 2.24) is 0 Å². The lowest BCUT2D eigenvalue weighted by Crippen LogP contribution is -2.34. The molecule has 0 fully saturated rings. The van der Waals surface area contributed by atoms with Crippen LogP contribution in [-0.4, -0.2) is 37.4 Å². The van der Waals surface area contributed by atoms with Crippen molar-refractivity contribution in [2.45, 2.75) is 184 Å². The first kappa shape index (κ1) is 40.9. The van der Waals surface area contributed by atoms with Gasteiger partial charge in [-0.05, 0) is 61.2 Å². The standard InChI is InChI=1S/C36H70O6/c1-11-15-21-29(13-3)27-39-33(37)31(23-17-19-25-35(5,6)7)41-42-32(24-18-20-26-36(8,9)10)34(38)40-28-30(14-4)22-16-12-2/h29-32H,11-28H2,1-10H3. The molecule has 0 aromatic rings. The maximum Gasteiger partial charge on any atom is 0.338 e. The normalized spacial score (nSPS) is 15.2. The fraction of sp³-hybridized carbons (Fsp3) is 0.944. The molecule has 4 unspecified atom stereocenters. The number of carbonyl (C=O) groups is 2. The fourth-order valence-electron chi connectivity index (χ4n) is 4.90. The van der Waals surface area contributed by atoms with Crippen LogP contribution in [0.25, 0.3) is 0 Å². The lowest BCUT2D eigenvalue weighted by Gasteiger charge is -2.23. The molecular weight excluding hydrogens is 528 g/mol. The van der Waals surface area contributed by atoms with E-state index in [2.05, 4.69) is 69.2 Å². The van der Waals surface area contributed by atoms with E-state index in [9.17, 15) is 9.59 Å². The number of ether oxygens (including phenoxy) is 2. The number of rotatable bonds is 25. The minimum Gasteiger partial charge on any atom is -0.463 e.